The molecule has 0 aliphatic heterocycles. The van der Waals surface area contributed by atoms with E-state index in [1.54, 1.807) is 18.6 Å². The summed E-state index contributed by atoms with van der Waals surface area (Å²) in [6.07, 6.45) is 9.42. The molecule has 5 nitrogen and oxygen atoms in total. The predicted molar refractivity (Wildman–Crippen MR) is 101 cm³/mol. The number of hydrogen-bond acceptors (Lipinski definition) is 5. The lowest BCUT2D eigenvalue weighted by atomic mass is 10.0. The van der Waals surface area contributed by atoms with Crippen molar-refractivity contribution in [2.75, 3.05) is 17.6 Å². The van der Waals surface area contributed by atoms with Crippen LogP contribution in [-0.2, 0) is 6.42 Å². The SMILES string of the molecule is Nc1ncc(-c2cccnc2)nc1NCCC1=CCc2ccccc21. The molecule has 2 aromatic heterocycles. The lowest BCUT2D eigenvalue weighted by Crippen LogP contribution is -2.08. The molecular formula is C20H19N5. The first-order chi connectivity index (χ1) is 12.3. The third-order valence-electron chi connectivity index (χ3n) is 4.38. The number of rotatable bonds is 5. The summed E-state index contributed by atoms with van der Waals surface area (Å²) in [5.41, 5.74) is 11.8. The molecule has 1 aromatic carbocycles. The molecule has 0 amide bonds. The lowest BCUT2D eigenvalue weighted by Gasteiger charge is -2.11. The van der Waals surface area contributed by atoms with E-state index >= 15 is 0 Å². The molecule has 124 valence electrons. The van der Waals surface area contributed by atoms with Gasteiger partial charge in [-0.1, -0.05) is 30.3 Å². The van der Waals surface area contributed by atoms with Gasteiger partial charge in [0, 0.05) is 24.5 Å². The first kappa shape index (κ1) is 15.3. The van der Waals surface area contributed by atoms with Crippen molar-refractivity contribution >= 4 is 17.2 Å². The van der Waals surface area contributed by atoms with Crippen molar-refractivity contribution in [3.05, 3.63) is 72.2 Å². The van der Waals surface area contributed by atoms with E-state index < -0.39 is 0 Å². The first-order valence-electron chi connectivity index (χ1n) is 8.35. The van der Waals surface area contributed by atoms with Crippen LogP contribution in [0.15, 0.2) is 61.1 Å². The zero-order valence-electron chi connectivity index (χ0n) is 13.8. The predicted octanol–water partition coefficient (Wildman–Crippen LogP) is 3.56. The van der Waals surface area contributed by atoms with E-state index in [4.69, 9.17) is 5.73 Å². The minimum atomic E-state index is 0.411. The molecule has 3 N–H and O–H groups in total. The molecule has 5 heteroatoms. The Morgan fingerprint density at radius 3 is 2.88 bits per heavy atom. The van der Waals surface area contributed by atoms with Gasteiger partial charge in [0.15, 0.2) is 11.6 Å². The van der Waals surface area contributed by atoms with Gasteiger partial charge in [-0.15, -0.1) is 0 Å². The number of allylic oxidation sites excluding steroid dienone is 1. The third-order valence-corrected chi connectivity index (χ3v) is 4.38. The van der Waals surface area contributed by atoms with Gasteiger partial charge >= 0.3 is 0 Å². The summed E-state index contributed by atoms with van der Waals surface area (Å²) in [7, 11) is 0. The average molecular weight is 329 g/mol. The fourth-order valence-corrected chi connectivity index (χ4v) is 3.09. The van der Waals surface area contributed by atoms with Crippen LogP contribution < -0.4 is 11.1 Å². The highest BCUT2D eigenvalue weighted by molar-refractivity contribution is 5.73. The fourth-order valence-electron chi connectivity index (χ4n) is 3.09. The Bertz CT molecular complexity index is 918. The minimum Gasteiger partial charge on any atom is -0.381 e. The number of anilines is 2. The number of benzene rings is 1. The van der Waals surface area contributed by atoms with Crippen molar-refractivity contribution in [1.82, 2.24) is 15.0 Å². The fraction of sp³-hybridized carbons (Fsp3) is 0.150. The van der Waals surface area contributed by atoms with Gasteiger partial charge in [-0.25, -0.2) is 9.97 Å². The summed E-state index contributed by atoms with van der Waals surface area (Å²) in [6.45, 7) is 0.759. The maximum absolute atomic E-state index is 5.97. The molecule has 0 bridgehead atoms. The number of nitrogen functional groups attached to an aromatic ring is 1. The first-order valence-corrected chi connectivity index (χ1v) is 8.35. The van der Waals surface area contributed by atoms with E-state index in [9.17, 15) is 0 Å². The molecule has 0 saturated heterocycles. The molecule has 4 rings (SSSR count). The third kappa shape index (κ3) is 3.21. The second kappa shape index (κ2) is 6.73. The Morgan fingerprint density at radius 1 is 1.08 bits per heavy atom. The van der Waals surface area contributed by atoms with Crippen LogP contribution in [0.4, 0.5) is 11.6 Å². The molecule has 0 unspecified atom stereocenters. The molecule has 0 saturated carbocycles. The molecule has 0 radical (unpaired) electrons. The molecule has 3 aromatic rings. The van der Waals surface area contributed by atoms with Gasteiger partial charge in [0.2, 0.25) is 0 Å². The van der Waals surface area contributed by atoms with E-state index in [0.717, 1.165) is 30.6 Å². The van der Waals surface area contributed by atoms with Gasteiger partial charge in [0.25, 0.3) is 0 Å². The smallest absolute Gasteiger partial charge is 0.169 e. The molecule has 1 aliphatic carbocycles. The van der Waals surface area contributed by atoms with Crippen LogP contribution in [0.3, 0.4) is 0 Å². The average Bonchev–Trinajstić information content (AvgIpc) is 3.07. The van der Waals surface area contributed by atoms with Gasteiger partial charge in [-0.3, -0.25) is 4.98 Å². The molecule has 25 heavy (non-hydrogen) atoms. The largest absolute Gasteiger partial charge is 0.381 e. The normalized spacial score (nSPS) is 12.6. The van der Waals surface area contributed by atoms with Crippen LogP contribution in [0, 0.1) is 0 Å². The summed E-state index contributed by atoms with van der Waals surface area (Å²) in [5, 5.41) is 3.32. The van der Waals surface area contributed by atoms with Crippen molar-refractivity contribution in [2.45, 2.75) is 12.8 Å². The summed E-state index contributed by atoms with van der Waals surface area (Å²) >= 11 is 0. The van der Waals surface area contributed by atoms with Crippen molar-refractivity contribution in [1.29, 1.82) is 0 Å². The highest BCUT2D eigenvalue weighted by Gasteiger charge is 2.13. The van der Waals surface area contributed by atoms with Crippen LogP contribution in [0.25, 0.3) is 16.8 Å². The number of aromatic nitrogens is 3. The van der Waals surface area contributed by atoms with E-state index in [-0.39, 0.29) is 0 Å². The molecule has 0 fully saturated rings. The maximum atomic E-state index is 5.97. The highest BCUT2D eigenvalue weighted by Crippen LogP contribution is 2.29. The Kier molecular flexibility index (Phi) is 4.12. The number of fused-ring (bicyclic) bond motifs is 1. The summed E-state index contributed by atoms with van der Waals surface area (Å²) in [4.78, 5) is 13.0. The highest BCUT2D eigenvalue weighted by atomic mass is 15.1. The molecular weight excluding hydrogens is 310 g/mol. The molecule has 0 spiro atoms. The van der Waals surface area contributed by atoms with Gasteiger partial charge in [0.1, 0.15) is 0 Å². The van der Waals surface area contributed by atoms with E-state index in [1.165, 1.54) is 16.7 Å². The summed E-state index contributed by atoms with van der Waals surface area (Å²) < 4.78 is 0. The topological polar surface area (TPSA) is 76.7 Å². The Morgan fingerprint density at radius 2 is 2.00 bits per heavy atom. The zero-order chi connectivity index (χ0) is 17.1. The van der Waals surface area contributed by atoms with E-state index in [2.05, 4.69) is 50.6 Å². The van der Waals surface area contributed by atoms with Gasteiger partial charge in [-0.2, -0.15) is 0 Å². The van der Waals surface area contributed by atoms with Crippen molar-refractivity contribution < 1.29 is 0 Å². The monoisotopic (exact) mass is 329 g/mol. The Balaban J connectivity index is 1.45. The second-order valence-electron chi connectivity index (χ2n) is 6.00. The number of nitrogens with one attached hydrogen (secondary N) is 1. The minimum absolute atomic E-state index is 0.411. The van der Waals surface area contributed by atoms with Crippen LogP contribution >= 0.6 is 0 Å². The quantitative estimate of drug-likeness (QED) is 0.748. The standard InChI is InChI=1S/C20H19N5/c21-19-20(25-18(13-24-19)16-5-3-10-22-12-16)23-11-9-15-8-7-14-4-1-2-6-17(14)15/h1-6,8,10,12-13H,7,9,11H2,(H2,21,24)(H,23,25). The number of nitrogens with two attached hydrogens (primary N) is 1. The Labute approximate surface area is 146 Å². The lowest BCUT2D eigenvalue weighted by molar-refractivity contribution is 1.05. The van der Waals surface area contributed by atoms with Crippen molar-refractivity contribution in [2.24, 2.45) is 0 Å². The molecule has 0 atom stereocenters. The maximum Gasteiger partial charge on any atom is 0.169 e. The van der Waals surface area contributed by atoms with Crippen molar-refractivity contribution in [3.8, 4) is 11.3 Å². The van der Waals surface area contributed by atoms with Gasteiger partial charge in [0.05, 0.1) is 11.9 Å². The van der Waals surface area contributed by atoms with Crippen LogP contribution in [0.1, 0.15) is 17.5 Å². The zero-order valence-corrected chi connectivity index (χ0v) is 13.8. The van der Waals surface area contributed by atoms with Gasteiger partial charge in [-0.05, 0) is 41.7 Å². The van der Waals surface area contributed by atoms with Crippen LogP contribution in [0.2, 0.25) is 0 Å². The van der Waals surface area contributed by atoms with Crippen LogP contribution in [-0.4, -0.2) is 21.5 Å². The second-order valence-corrected chi connectivity index (χ2v) is 6.00. The molecule has 1 aliphatic rings. The van der Waals surface area contributed by atoms with E-state index in [0.29, 0.717) is 11.6 Å². The Hall–Kier alpha value is -3.21. The van der Waals surface area contributed by atoms with Crippen molar-refractivity contribution in [3.63, 3.8) is 0 Å². The number of pyridine rings is 1. The van der Waals surface area contributed by atoms with Crippen LogP contribution in [0.5, 0.6) is 0 Å². The van der Waals surface area contributed by atoms with E-state index in [1.807, 2.05) is 12.1 Å². The summed E-state index contributed by atoms with van der Waals surface area (Å²) in [6, 6.07) is 12.4. The molecule has 2 heterocycles. The number of nitrogens with zero attached hydrogens (tertiary/aromatic N) is 3. The number of hydrogen-bond donors (Lipinski definition) is 2. The summed E-state index contributed by atoms with van der Waals surface area (Å²) in [5.74, 6) is 1.03. The van der Waals surface area contributed by atoms with Gasteiger partial charge < -0.3 is 11.1 Å².